The van der Waals surface area contributed by atoms with Gasteiger partial charge in [-0.05, 0) is 37.3 Å². The summed E-state index contributed by atoms with van der Waals surface area (Å²) >= 11 is 1.46. The standard InChI is InChI=1S/C28H23N7O2S/c1-14(2)28(37)31-18-9-16(11-29-13-18)17-10-20-25(34-35-26(20)30-12-17)27-32-21-6-4-5-19(24(21)33-27)23-8-7-22(38-23)15(3)36/h4-14H,1-3H3,(H,31,37)(H,32,33)(H,30,34,35). The zero-order valence-electron chi connectivity index (χ0n) is 20.9. The van der Waals surface area contributed by atoms with Gasteiger partial charge in [0.25, 0.3) is 0 Å². The number of carbonyl (C=O) groups excluding carboxylic acids is 2. The highest BCUT2D eigenvalue weighted by Gasteiger charge is 2.18. The van der Waals surface area contributed by atoms with Crippen LogP contribution in [0.1, 0.15) is 30.4 Å². The average Bonchev–Trinajstić information content (AvgIpc) is 3.66. The number of para-hydroxylation sites is 1. The second-order valence-corrected chi connectivity index (χ2v) is 10.4. The molecule has 6 rings (SSSR count). The van der Waals surface area contributed by atoms with Crippen LogP contribution in [-0.2, 0) is 4.79 Å². The van der Waals surface area contributed by atoms with Crippen LogP contribution >= 0.6 is 11.3 Å². The summed E-state index contributed by atoms with van der Waals surface area (Å²) in [6.45, 7) is 5.26. The number of anilines is 1. The molecule has 0 saturated carbocycles. The molecule has 3 N–H and O–H groups in total. The first-order valence-corrected chi connectivity index (χ1v) is 12.9. The number of imidazole rings is 1. The van der Waals surface area contributed by atoms with Crippen molar-refractivity contribution >= 4 is 50.8 Å². The Hall–Kier alpha value is -4.70. The van der Waals surface area contributed by atoms with Crippen LogP contribution in [0.3, 0.4) is 0 Å². The van der Waals surface area contributed by atoms with E-state index in [1.807, 2.05) is 56.3 Å². The molecule has 188 valence electrons. The van der Waals surface area contributed by atoms with Gasteiger partial charge in [0.05, 0.1) is 33.2 Å². The van der Waals surface area contributed by atoms with E-state index in [-0.39, 0.29) is 17.6 Å². The van der Waals surface area contributed by atoms with Crippen molar-refractivity contribution in [1.29, 1.82) is 0 Å². The SMILES string of the molecule is CC(=O)c1ccc(-c2cccc3[nH]c(-c4n[nH]c5ncc(-c6cncc(NC(=O)C(C)C)c6)cc45)nc23)s1. The maximum atomic E-state index is 12.1. The number of thiophene rings is 1. The van der Waals surface area contributed by atoms with Crippen molar-refractivity contribution in [3.8, 4) is 33.1 Å². The second-order valence-electron chi connectivity index (χ2n) is 9.31. The highest BCUT2D eigenvalue weighted by atomic mass is 32.1. The smallest absolute Gasteiger partial charge is 0.226 e. The quantitative estimate of drug-likeness (QED) is 0.228. The molecule has 1 amide bonds. The minimum absolute atomic E-state index is 0.0467. The van der Waals surface area contributed by atoms with E-state index in [4.69, 9.17) is 4.98 Å². The van der Waals surface area contributed by atoms with E-state index in [1.165, 1.54) is 11.3 Å². The Morgan fingerprint density at radius 2 is 1.87 bits per heavy atom. The van der Waals surface area contributed by atoms with Gasteiger partial charge in [-0.25, -0.2) is 9.97 Å². The van der Waals surface area contributed by atoms with E-state index in [0.29, 0.717) is 27.7 Å². The number of hydrogen-bond donors (Lipinski definition) is 3. The summed E-state index contributed by atoms with van der Waals surface area (Å²) in [4.78, 5) is 42.8. The number of aromatic nitrogens is 6. The van der Waals surface area contributed by atoms with Crippen LogP contribution in [0, 0.1) is 5.92 Å². The molecule has 0 saturated heterocycles. The predicted octanol–water partition coefficient (Wildman–Crippen LogP) is 6.09. The van der Waals surface area contributed by atoms with E-state index in [0.717, 1.165) is 38.0 Å². The monoisotopic (exact) mass is 521 g/mol. The van der Waals surface area contributed by atoms with Gasteiger partial charge in [-0.1, -0.05) is 26.0 Å². The summed E-state index contributed by atoms with van der Waals surface area (Å²) in [7, 11) is 0. The van der Waals surface area contributed by atoms with Crippen LogP contribution in [0.2, 0.25) is 0 Å². The number of amides is 1. The zero-order valence-corrected chi connectivity index (χ0v) is 21.7. The predicted molar refractivity (Wildman–Crippen MR) is 149 cm³/mol. The lowest BCUT2D eigenvalue weighted by Gasteiger charge is -2.09. The van der Waals surface area contributed by atoms with E-state index in [9.17, 15) is 9.59 Å². The van der Waals surface area contributed by atoms with Gasteiger partial charge in [0.2, 0.25) is 5.91 Å². The van der Waals surface area contributed by atoms with Crippen LogP contribution in [-0.4, -0.2) is 41.8 Å². The number of carbonyl (C=O) groups is 2. The molecule has 0 unspecified atom stereocenters. The molecule has 38 heavy (non-hydrogen) atoms. The Morgan fingerprint density at radius 1 is 1.03 bits per heavy atom. The lowest BCUT2D eigenvalue weighted by atomic mass is 10.1. The Balaban J connectivity index is 1.40. The molecular weight excluding hydrogens is 498 g/mol. The van der Waals surface area contributed by atoms with Gasteiger partial charge in [0.15, 0.2) is 17.3 Å². The molecule has 0 bridgehead atoms. The fourth-order valence-electron chi connectivity index (χ4n) is 4.21. The molecule has 0 radical (unpaired) electrons. The minimum Gasteiger partial charge on any atom is -0.337 e. The average molecular weight is 522 g/mol. The fourth-order valence-corrected chi connectivity index (χ4v) is 5.14. The second kappa shape index (κ2) is 9.31. The zero-order chi connectivity index (χ0) is 26.4. The van der Waals surface area contributed by atoms with Crippen LogP contribution in [0.5, 0.6) is 0 Å². The molecule has 9 nitrogen and oxygen atoms in total. The largest absolute Gasteiger partial charge is 0.337 e. The number of rotatable bonds is 6. The number of hydrogen-bond acceptors (Lipinski definition) is 7. The first-order chi connectivity index (χ1) is 18.4. The Bertz CT molecular complexity index is 1850. The van der Waals surface area contributed by atoms with Crippen molar-refractivity contribution in [3.05, 3.63) is 65.9 Å². The van der Waals surface area contributed by atoms with Crippen LogP contribution < -0.4 is 5.32 Å². The molecule has 0 fully saturated rings. The highest BCUT2D eigenvalue weighted by Crippen LogP contribution is 2.35. The van der Waals surface area contributed by atoms with Gasteiger partial charge in [0.1, 0.15) is 5.69 Å². The molecule has 0 aliphatic heterocycles. The molecule has 1 aromatic carbocycles. The number of nitrogens with zero attached hydrogens (tertiary/aromatic N) is 4. The molecule has 0 aliphatic rings. The maximum Gasteiger partial charge on any atom is 0.226 e. The Kier molecular flexibility index (Phi) is 5.80. The van der Waals surface area contributed by atoms with Gasteiger partial charge in [-0.15, -0.1) is 11.3 Å². The lowest BCUT2D eigenvalue weighted by Crippen LogP contribution is -2.17. The van der Waals surface area contributed by atoms with Crippen molar-refractivity contribution in [2.75, 3.05) is 5.32 Å². The highest BCUT2D eigenvalue weighted by molar-refractivity contribution is 7.17. The summed E-state index contributed by atoms with van der Waals surface area (Å²) in [6, 6.07) is 13.6. The van der Waals surface area contributed by atoms with Crippen molar-refractivity contribution in [3.63, 3.8) is 0 Å². The van der Waals surface area contributed by atoms with Crippen LogP contribution in [0.15, 0.2) is 61.1 Å². The number of pyridine rings is 2. The van der Waals surface area contributed by atoms with Gasteiger partial charge in [0, 0.05) is 39.9 Å². The molecule has 5 aromatic heterocycles. The van der Waals surface area contributed by atoms with Crippen molar-refractivity contribution in [2.24, 2.45) is 5.92 Å². The number of ketones is 1. The summed E-state index contributed by atoms with van der Waals surface area (Å²) in [5, 5.41) is 11.2. The summed E-state index contributed by atoms with van der Waals surface area (Å²) in [5.74, 6) is 0.451. The molecule has 10 heteroatoms. The first-order valence-electron chi connectivity index (χ1n) is 12.1. The van der Waals surface area contributed by atoms with Crippen molar-refractivity contribution < 1.29 is 9.59 Å². The van der Waals surface area contributed by atoms with Gasteiger partial charge in [-0.2, -0.15) is 5.10 Å². The van der Waals surface area contributed by atoms with Crippen LogP contribution in [0.25, 0.3) is 55.2 Å². The number of nitrogens with one attached hydrogen (secondary N) is 3. The van der Waals surface area contributed by atoms with E-state index >= 15 is 0 Å². The number of fused-ring (bicyclic) bond motifs is 2. The Labute approximate surface area is 221 Å². The summed E-state index contributed by atoms with van der Waals surface area (Å²) < 4.78 is 0. The number of Topliss-reactive ketones (excluding diaryl/α,β-unsaturated/α-hetero) is 1. The van der Waals surface area contributed by atoms with Gasteiger partial charge < -0.3 is 10.3 Å². The fraction of sp³-hybridized carbons (Fsp3) is 0.143. The molecule has 0 spiro atoms. The van der Waals surface area contributed by atoms with Gasteiger partial charge in [-0.3, -0.25) is 19.7 Å². The third-order valence-corrected chi connectivity index (χ3v) is 7.45. The molecular formula is C28H23N7O2S. The summed E-state index contributed by atoms with van der Waals surface area (Å²) in [5.41, 5.74) is 6.17. The molecule has 0 atom stereocenters. The molecule has 6 aromatic rings. The molecule has 0 aliphatic carbocycles. The third-order valence-electron chi connectivity index (χ3n) is 6.24. The Morgan fingerprint density at radius 3 is 2.66 bits per heavy atom. The number of H-pyrrole nitrogens is 2. The van der Waals surface area contributed by atoms with E-state index < -0.39 is 0 Å². The summed E-state index contributed by atoms with van der Waals surface area (Å²) in [6.07, 6.45) is 5.10. The van der Waals surface area contributed by atoms with E-state index in [1.54, 1.807) is 25.5 Å². The normalized spacial score (nSPS) is 11.5. The lowest BCUT2D eigenvalue weighted by molar-refractivity contribution is -0.118. The maximum absolute atomic E-state index is 12.1. The third kappa shape index (κ3) is 4.24. The first kappa shape index (κ1) is 23.7. The number of aromatic amines is 2. The molecule has 5 heterocycles. The minimum atomic E-state index is -0.134. The van der Waals surface area contributed by atoms with Gasteiger partial charge >= 0.3 is 0 Å². The topological polar surface area (TPSA) is 129 Å². The number of benzene rings is 1. The van der Waals surface area contributed by atoms with Crippen LogP contribution in [0.4, 0.5) is 5.69 Å². The van der Waals surface area contributed by atoms with Crippen molar-refractivity contribution in [1.82, 2.24) is 30.1 Å². The van der Waals surface area contributed by atoms with E-state index in [2.05, 4.69) is 30.5 Å². The van der Waals surface area contributed by atoms with Crippen molar-refractivity contribution in [2.45, 2.75) is 20.8 Å².